The lowest BCUT2D eigenvalue weighted by molar-refractivity contribution is -0.392. The monoisotopic (exact) mass is 469 g/mol. The number of rotatable bonds is 7. The summed E-state index contributed by atoms with van der Waals surface area (Å²) in [6.45, 7) is 3.51. The van der Waals surface area contributed by atoms with E-state index in [1.165, 1.54) is 6.08 Å². The van der Waals surface area contributed by atoms with Gasteiger partial charge in [-0.2, -0.15) is 13.2 Å². The molecule has 0 amide bonds. The third-order valence-corrected chi connectivity index (χ3v) is 4.78. The Balaban J connectivity index is 2.76. The van der Waals surface area contributed by atoms with Crippen molar-refractivity contribution in [2.45, 2.75) is 11.2 Å². The molecule has 1 N–H and O–H groups in total. The van der Waals surface area contributed by atoms with Crippen LogP contribution in [0, 0.1) is 20.2 Å². The molecule has 1 heterocycles. The SMILES string of the molecule is C=CCSc1nc(Cl)ncc1Nc1c([N+](=O)[O-])cc(C(F)(F)F)c(Cl)c1[N+](=O)[O-]. The number of nitro groups is 2. The Hall–Kier alpha value is -2.64. The summed E-state index contributed by atoms with van der Waals surface area (Å²) in [6.07, 6.45) is -2.58. The van der Waals surface area contributed by atoms with Crippen LogP contribution in [0.3, 0.4) is 0 Å². The Bertz CT molecular complexity index is 1010. The van der Waals surface area contributed by atoms with E-state index in [2.05, 4.69) is 21.9 Å². The third kappa shape index (κ3) is 5.05. The molecule has 1 aromatic carbocycles. The lowest BCUT2D eigenvalue weighted by Gasteiger charge is -2.14. The first-order valence-electron chi connectivity index (χ1n) is 7.23. The standard InChI is InChI=1S/C14H8Cl2F3N5O4S/c1-2-3-29-12-7(5-20-13(16)22-12)21-10-8(23(25)26)4-6(14(17,18)19)9(15)11(10)24(27)28/h2,4-5,21H,1,3H2. The fourth-order valence-electron chi connectivity index (χ4n) is 2.09. The van der Waals surface area contributed by atoms with E-state index in [9.17, 15) is 33.4 Å². The fraction of sp³-hybridized carbons (Fsp3) is 0.143. The molecule has 0 fully saturated rings. The van der Waals surface area contributed by atoms with Crippen molar-refractivity contribution in [1.82, 2.24) is 9.97 Å². The minimum absolute atomic E-state index is 0.0664. The summed E-state index contributed by atoms with van der Waals surface area (Å²) < 4.78 is 39.4. The molecule has 2 rings (SSSR count). The Morgan fingerprint density at radius 3 is 2.45 bits per heavy atom. The van der Waals surface area contributed by atoms with Crippen molar-refractivity contribution in [2.75, 3.05) is 11.1 Å². The van der Waals surface area contributed by atoms with Crippen molar-refractivity contribution in [3.05, 3.63) is 61.0 Å². The number of anilines is 2. The normalized spacial score (nSPS) is 11.2. The maximum Gasteiger partial charge on any atom is 0.418 e. The second kappa shape index (κ2) is 8.80. The first-order chi connectivity index (χ1) is 13.5. The molecular formula is C14H8Cl2F3N5O4S. The van der Waals surface area contributed by atoms with Gasteiger partial charge in [0.2, 0.25) is 5.28 Å². The van der Waals surface area contributed by atoms with Crippen molar-refractivity contribution < 1.29 is 23.0 Å². The molecule has 0 aliphatic carbocycles. The van der Waals surface area contributed by atoms with Crippen LogP contribution in [0.1, 0.15) is 5.56 Å². The van der Waals surface area contributed by atoms with E-state index >= 15 is 0 Å². The van der Waals surface area contributed by atoms with Gasteiger partial charge in [-0.25, -0.2) is 9.97 Å². The minimum atomic E-state index is -5.15. The highest BCUT2D eigenvalue weighted by molar-refractivity contribution is 7.99. The van der Waals surface area contributed by atoms with Crippen LogP contribution in [0.2, 0.25) is 10.3 Å². The Kier molecular flexibility index (Phi) is 6.87. The summed E-state index contributed by atoms with van der Waals surface area (Å²) in [5.41, 5.74) is -5.16. The molecule has 0 atom stereocenters. The van der Waals surface area contributed by atoms with Gasteiger partial charge in [0, 0.05) is 11.8 Å². The van der Waals surface area contributed by atoms with Gasteiger partial charge in [-0.3, -0.25) is 20.2 Å². The zero-order chi connectivity index (χ0) is 21.9. The third-order valence-electron chi connectivity index (χ3n) is 3.23. The van der Waals surface area contributed by atoms with Crippen molar-refractivity contribution in [1.29, 1.82) is 0 Å². The summed E-state index contributed by atoms with van der Waals surface area (Å²) in [5, 5.41) is 23.8. The summed E-state index contributed by atoms with van der Waals surface area (Å²) in [4.78, 5) is 27.9. The molecule has 154 valence electrons. The van der Waals surface area contributed by atoms with Crippen LogP contribution in [-0.2, 0) is 6.18 Å². The molecular weight excluding hydrogens is 462 g/mol. The first kappa shape index (κ1) is 22.6. The van der Waals surface area contributed by atoms with E-state index in [0.717, 1.165) is 18.0 Å². The van der Waals surface area contributed by atoms with Crippen LogP contribution in [0.5, 0.6) is 0 Å². The molecule has 0 unspecified atom stereocenters. The van der Waals surface area contributed by atoms with E-state index in [4.69, 9.17) is 23.2 Å². The fourth-order valence-corrected chi connectivity index (χ4v) is 3.28. The molecule has 0 radical (unpaired) electrons. The maximum atomic E-state index is 13.1. The molecule has 1 aromatic heterocycles. The Labute approximate surface area is 174 Å². The predicted octanol–water partition coefficient (Wildman–Crippen LogP) is 5.64. The van der Waals surface area contributed by atoms with Crippen LogP contribution in [0.15, 0.2) is 29.9 Å². The van der Waals surface area contributed by atoms with Gasteiger partial charge in [0.05, 0.1) is 27.3 Å². The lowest BCUT2D eigenvalue weighted by Crippen LogP contribution is -2.11. The van der Waals surface area contributed by atoms with E-state index in [0.29, 0.717) is 5.75 Å². The van der Waals surface area contributed by atoms with E-state index in [1.54, 1.807) is 0 Å². The smallest absolute Gasteiger partial charge is 0.341 e. The number of thioether (sulfide) groups is 1. The van der Waals surface area contributed by atoms with Gasteiger partial charge in [0.15, 0.2) is 5.69 Å². The zero-order valence-electron chi connectivity index (χ0n) is 13.9. The van der Waals surface area contributed by atoms with Gasteiger partial charge in [-0.1, -0.05) is 17.7 Å². The van der Waals surface area contributed by atoms with Crippen molar-refractivity contribution in [3.63, 3.8) is 0 Å². The Morgan fingerprint density at radius 1 is 1.28 bits per heavy atom. The number of alkyl halides is 3. The minimum Gasteiger partial charge on any atom is -0.341 e. The van der Waals surface area contributed by atoms with Crippen molar-refractivity contribution in [2.24, 2.45) is 0 Å². The van der Waals surface area contributed by atoms with E-state index < -0.39 is 43.7 Å². The highest BCUT2D eigenvalue weighted by Crippen LogP contribution is 2.48. The number of hydrogen-bond acceptors (Lipinski definition) is 8. The topological polar surface area (TPSA) is 124 Å². The van der Waals surface area contributed by atoms with Gasteiger partial charge in [-0.05, 0) is 11.6 Å². The molecule has 2 aromatic rings. The Morgan fingerprint density at radius 2 is 1.93 bits per heavy atom. The van der Waals surface area contributed by atoms with E-state index in [1.807, 2.05) is 0 Å². The second-order valence-corrected chi connectivity index (χ2v) is 6.80. The average Bonchev–Trinajstić information content (AvgIpc) is 2.60. The van der Waals surface area contributed by atoms with Crippen LogP contribution in [-0.4, -0.2) is 25.6 Å². The summed E-state index contributed by atoms with van der Waals surface area (Å²) in [5.74, 6) is 0.319. The van der Waals surface area contributed by atoms with Crippen molar-refractivity contribution >= 4 is 57.7 Å². The second-order valence-electron chi connectivity index (χ2n) is 5.08. The largest absolute Gasteiger partial charge is 0.418 e. The molecule has 0 bridgehead atoms. The first-order valence-corrected chi connectivity index (χ1v) is 8.97. The zero-order valence-corrected chi connectivity index (χ0v) is 16.2. The van der Waals surface area contributed by atoms with Crippen LogP contribution in [0.4, 0.5) is 35.9 Å². The molecule has 0 spiro atoms. The maximum absolute atomic E-state index is 13.1. The molecule has 9 nitrogen and oxygen atoms in total. The van der Waals surface area contributed by atoms with Gasteiger partial charge in [-0.15, -0.1) is 18.3 Å². The van der Waals surface area contributed by atoms with Crippen LogP contribution >= 0.6 is 35.0 Å². The molecule has 15 heteroatoms. The molecule has 0 saturated carbocycles. The van der Waals surface area contributed by atoms with Crippen LogP contribution in [0.25, 0.3) is 0 Å². The number of hydrogen-bond donors (Lipinski definition) is 1. The average molecular weight is 470 g/mol. The summed E-state index contributed by atoms with van der Waals surface area (Å²) >= 11 is 12.3. The molecule has 0 aliphatic rings. The number of aromatic nitrogens is 2. The molecule has 0 saturated heterocycles. The van der Waals surface area contributed by atoms with Gasteiger partial charge < -0.3 is 5.32 Å². The van der Waals surface area contributed by atoms with Crippen LogP contribution < -0.4 is 5.32 Å². The summed E-state index contributed by atoms with van der Waals surface area (Å²) in [6, 6.07) is 0.116. The molecule has 29 heavy (non-hydrogen) atoms. The number of nitrogens with one attached hydrogen (secondary N) is 1. The summed E-state index contributed by atoms with van der Waals surface area (Å²) in [7, 11) is 0. The van der Waals surface area contributed by atoms with Crippen molar-refractivity contribution in [3.8, 4) is 0 Å². The van der Waals surface area contributed by atoms with Gasteiger partial charge in [0.25, 0.3) is 0 Å². The highest BCUT2D eigenvalue weighted by atomic mass is 35.5. The predicted molar refractivity (Wildman–Crippen MR) is 101 cm³/mol. The number of halogens is 5. The lowest BCUT2D eigenvalue weighted by atomic mass is 10.1. The van der Waals surface area contributed by atoms with Gasteiger partial charge in [0.1, 0.15) is 10.0 Å². The quantitative estimate of drug-likeness (QED) is 0.138. The number of nitrogens with zero attached hydrogens (tertiary/aromatic N) is 4. The number of nitro benzene ring substituents is 2. The van der Waals surface area contributed by atoms with Gasteiger partial charge >= 0.3 is 17.6 Å². The highest BCUT2D eigenvalue weighted by Gasteiger charge is 2.42. The van der Waals surface area contributed by atoms with E-state index in [-0.39, 0.29) is 22.1 Å². The molecule has 0 aliphatic heterocycles. The number of benzene rings is 1.